The zero-order valence-corrected chi connectivity index (χ0v) is 24.3. The smallest absolute Gasteiger partial charge is 0.00177 e. The molecule has 0 saturated carbocycles. The van der Waals surface area contributed by atoms with Crippen molar-refractivity contribution in [2.24, 2.45) is 28.1 Å². The lowest BCUT2D eigenvalue weighted by Crippen LogP contribution is -2.35. The second kappa shape index (κ2) is 10.5. The van der Waals surface area contributed by atoms with E-state index in [9.17, 15) is 0 Å². The maximum absolute atomic E-state index is 2.61. The van der Waals surface area contributed by atoms with E-state index >= 15 is 0 Å². The summed E-state index contributed by atoms with van der Waals surface area (Å²) in [7, 11) is 0. The molecule has 35 heavy (non-hydrogen) atoms. The van der Waals surface area contributed by atoms with Crippen LogP contribution in [0.2, 0.25) is 0 Å². The molecule has 0 nitrogen and oxygen atoms in total. The topological polar surface area (TPSA) is 0 Å². The standard InChI is InChI=1S/C35H50/c1-11-22-35(10,25(3)23-28(34(7,8)9)24-27(12-2)33(4,5)6)32-19-15-18-30-29-17-14-13-16-26(29)20-21-31(30)32/h11,13-18,22-25,32H,12,19-21H2,1-10H3/b22-11?,27-24+,28-23+. The van der Waals surface area contributed by atoms with Gasteiger partial charge in [0.2, 0.25) is 0 Å². The molecule has 2 aliphatic rings. The first-order valence-corrected chi connectivity index (χ1v) is 13.9. The molecule has 190 valence electrons. The number of rotatable bonds is 6. The van der Waals surface area contributed by atoms with E-state index in [-0.39, 0.29) is 16.2 Å². The van der Waals surface area contributed by atoms with Gasteiger partial charge in [-0.2, -0.15) is 0 Å². The van der Waals surface area contributed by atoms with E-state index in [1.807, 2.05) is 0 Å². The SMILES string of the molecule is CC=CC(C)(C(C)/C=C(\C=C(/CC)C(C)(C)C)C(C)(C)C)C1CC=CC2=C1CCc1ccccc12. The van der Waals surface area contributed by atoms with E-state index in [1.165, 1.54) is 34.3 Å². The summed E-state index contributed by atoms with van der Waals surface area (Å²) in [5.74, 6) is 0.946. The van der Waals surface area contributed by atoms with Crippen LogP contribution >= 0.6 is 0 Å². The van der Waals surface area contributed by atoms with Crippen molar-refractivity contribution in [2.75, 3.05) is 0 Å². The first-order valence-electron chi connectivity index (χ1n) is 13.9. The second-order valence-electron chi connectivity index (χ2n) is 13.1. The van der Waals surface area contributed by atoms with Crippen molar-refractivity contribution < 1.29 is 0 Å². The van der Waals surface area contributed by atoms with E-state index in [1.54, 1.807) is 5.57 Å². The maximum Gasteiger partial charge on any atom is -0.00177 e. The average molecular weight is 471 g/mol. The van der Waals surface area contributed by atoms with Crippen LogP contribution in [0.4, 0.5) is 0 Å². The normalized spacial score (nSPS) is 22.2. The number of hydrogen-bond donors (Lipinski definition) is 0. The third-order valence-corrected chi connectivity index (χ3v) is 8.62. The summed E-state index contributed by atoms with van der Waals surface area (Å²) >= 11 is 0. The lowest BCUT2D eigenvalue weighted by Gasteiger charge is -2.44. The Morgan fingerprint density at radius 1 is 1.00 bits per heavy atom. The molecule has 3 rings (SSSR count). The third kappa shape index (κ3) is 5.84. The Hall–Kier alpha value is -2.08. The van der Waals surface area contributed by atoms with Gasteiger partial charge in [-0.1, -0.05) is 134 Å². The first-order chi connectivity index (χ1) is 16.3. The van der Waals surface area contributed by atoms with E-state index in [0.29, 0.717) is 11.8 Å². The van der Waals surface area contributed by atoms with Gasteiger partial charge in [0.05, 0.1) is 0 Å². The Balaban J connectivity index is 2.11. The Morgan fingerprint density at radius 2 is 1.69 bits per heavy atom. The highest BCUT2D eigenvalue weighted by Gasteiger charge is 2.40. The summed E-state index contributed by atoms with van der Waals surface area (Å²) in [5, 5.41) is 0. The summed E-state index contributed by atoms with van der Waals surface area (Å²) in [5.41, 5.74) is 9.50. The van der Waals surface area contributed by atoms with Gasteiger partial charge < -0.3 is 0 Å². The molecule has 0 saturated heterocycles. The van der Waals surface area contributed by atoms with Gasteiger partial charge in [0.15, 0.2) is 0 Å². The minimum atomic E-state index is 0.0603. The van der Waals surface area contributed by atoms with Crippen LogP contribution in [-0.2, 0) is 6.42 Å². The molecular formula is C35H50. The molecule has 0 fully saturated rings. The maximum atomic E-state index is 2.61. The van der Waals surface area contributed by atoms with Gasteiger partial charge in [-0.05, 0) is 83.0 Å². The van der Waals surface area contributed by atoms with Crippen molar-refractivity contribution in [3.63, 3.8) is 0 Å². The molecule has 0 spiro atoms. The molecular weight excluding hydrogens is 420 g/mol. The molecule has 2 aliphatic carbocycles. The van der Waals surface area contributed by atoms with Gasteiger partial charge in [0.25, 0.3) is 0 Å². The predicted molar refractivity (Wildman–Crippen MR) is 156 cm³/mol. The zero-order valence-electron chi connectivity index (χ0n) is 24.3. The molecule has 0 radical (unpaired) electrons. The quantitative estimate of drug-likeness (QED) is 0.286. The number of hydrogen-bond acceptors (Lipinski definition) is 0. The van der Waals surface area contributed by atoms with Crippen molar-refractivity contribution in [1.82, 2.24) is 0 Å². The summed E-state index contributed by atoms with van der Waals surface area (Å²) in [6.07, 6.45) is 19.3. The predicted octanol–water partition coefficient (Wildman–Crippen LogP) is 10.5. The van der Waals surface area contributed by atoms with Crippen LogP contribution in [-0.4, -0.2) is 0 Å². The monoisotopic (exact) mass is 470 g/mol. The molecule has 0 aromatic heterocycles. The van der Waals surface area contributed by atoms with Gasteiger partial charge in [-0.3, -0.25) is 0 Å². The van der Waals surface area contributed by atoms with E-state index in [4.69, 9.17) is 0 Å². The summed E-state index contributed by atoms with van der Waals surface area (Å²) < 4.78 is 0. The van der Waals surface area contributed by atoms with Gasteiger partial charge >= 0.3 is 0 Å². The number of aryl methyl sites for hydroxylation is 1. The lowest BCUT2D eigenvalue weighted by atomic mass is 9.60. The zero-order chi connectivity index (χ0) is 26.0. The van der Waals surface area contributed by atoms with Crippen molar-refractivity contribution >= 4 is 5.57 Å². The number of fused-ring (bicyclic) bond motifs is 2. The van der Waals surface area contributed by atoms with Gasteiger partial charge in [0, 0.05) is 0 Å². The molecule has 3 unspecified atom stereocenters. The Bertz CT molecular complexity index is 1050. The van der Waals surface area contributed by atoms with Crippen molar-refractivity contribution in [3.05, 3.63) is 88.6 Å². The first kappa shape index (κ1) is 27.5. The second-order valence-corrected chi connectivity index (χ2v) is 13.1. The fourth-order valence-corrected chi connectivity index (χ4v) is 6.17. The Labute approximate surface area is 217 Å². The molecule has 1 aromatic rings. The summed E-state index contributed by atoms with van der Waals surface area (Å²) in [4.78, 5) is 0. The Morgan fingerprint density at radius 3 is 2.29 bits per heavy atom. The highest BCUT2D eigenvalue weighted by atomic mass is 14.4. The number of allylic oxidation sites excluding steroid dienone is 10. The molecule has 0 heterocycles. The minimum absolute atomic E-state index is 0.0603. The molecule has 0 amide bonds. The van der Waals surface area contributed by atoms with Crippen molar-refractivity contribution in [3.8, 4) is 0 Å². The largest absolute Gasteiger partial charge is 0.0911 e. The van der Waals surface area contributed by atoms with Gasteiger partial charge in [-0.15, -0.1) is 0 Å². The molecule has 3 atom stereocenters. The summed E-state index contributed by atoms with van der Waals surface area (Å²) in [6, 6.07) is 9.03. The van der Waals surface area contributed by atoms with Gasteiger partial charge in [-0.25, -0.2) is 0 Å². The minimum Gasteiger partial charge on any atom is -0.0911 e. The van der Waals surface area contributed by atoms with Crippen LogP contribution in [0.5, 0.6) is 0 Å². The molecule has 0 aliphatic heterocycles. The fraction of sp³-hybridized carbons (Fsp3) is 0.543. The van der Waals surface area contributed by atoms with Crippen LogP contribution in [0.1, 0.15) is 99.6 Å². The lowest BCUT2D eigenvalue weighted by molar-refractivity contribution is 0.220. The van der Waals surface area contributed by atoms with Crippen LogP contribution in [0.15, 0.2) is 77.4 Å². The highest BCUT2D eigenvalue weighted by molar-refractivity contribution is 5.81. The molecule has 1 aromatic carbocycles. The van der Waals surface area contributed by atoms with Gasteiger partial charge in [0.1, 0.15) is 0 Å². The summed E-state index contributed by atoms with van der Waals surface area (Å²) in [6.45, 7) is 23.6. The third-order valence-electron chi connectivity index (χ3n) is 8.62. The van der Waals surface area contributed by atoms with Crippen LogP contribution in [0.25, 0.3) is 5.57 Å². The average Bonchev–Trinajstić information content (AvgIpc) is 2.79. The molecule has 0 N–H and O–H groups in total. The van der Waals surface area contributed by atoms with Crippen LogP contribution in [0, 0.1) is 28.1 Å². The van der Waals surface area contributed by atoms with Crippen molar-refractivity contribution in [1.29, 1.82) is 0 Å². The Kier molecular flexibility index (Phi) is 8.25. The van der Waals surface area contributed by atoms with Crippen LogP contribution in [0.3, 0.4) is 0 Å². The molecule has 0 heteroatoms. The van der Waals surface area contributed by atoms with E-state index < -0.39 is 0 Å². The van der Waals surface area contributed by atoms with Crippen LogP contribution < -0.4 is 0 Å². The number of benzene rings is 1. The van der Waals surface area contributed by atoms with Crippen molar-refractivity contribution in [2.45, 2.75) is 94.9 Å². The molecule has 0 bridgehead atoms. The van der Waals surface area contributed by atoms with E-state index in [0.717, 1.165) is 19.3 Å². The highest BCUT2D eigenvalue weighted by Crippen LogP contribution is 2.51. The fourth-order valence-electron chi connectivity index (χ4n) is 6.17. The van der Waals surface area contributed by atoms with E-state index in [2.05, 4.69) is 130 Å².